The molecule has 1 N–H and O–H groups in total. The summed E-state index contributed by atoms with van der Waals surface area (Å²) in [6.45, 7) is 1.76. The Kier molecular flexibility index (Phi) is 3.67. The van der Waals surface area contributed by atoms with Gasteiger partial charge in [-0.2, -0.15) is 0 Å². The van der Waals surface area contributed by atoms with Crippen molar-refractivity contribution in [3.05, 3.63) is 48.7 Å². The number of pyridine rings is 1. The van der Waals surface area contributed by atoms with Gasteiger partial charge in [-0.3, -0.25) is 9.88 Å². The molecular formula is C19H20N6O. The van der Waals surface area contributed by atoms with Crippen molar-refractivity contribution in [1.29, 1.82) is 0 Å². The number of aldehydes is 1. The third-order valence-electron chi connectivity index (χ3n) is 5.67. The fourth-order valence-corrected chi connectivity index (χ4v) is 4.55. The maximum Gasteiger partial charge on any atom is 0.142 e. The van der Waals surface area contributed by atoms with Crippen LogP contribution in [0.25, 0.3) is 11.0 Å². The number of nitrogens with one attached hydrogen (secondary N) is 1. The zero-order chi connectivity index (χ0) is 17.5. The highest BCUT2D eigenvalue weighted by molar-refractivity contribution is 5.87. The number of aromatic amines is 1. The molecule has 3 aromatic heterocycles. The van der Waals surface area contributed by atoms with Gasteiger partial charge < -0.3 is 14.7 Å². The zero-order valence-corrected chi connectivity index (χ0v) is 14.3. The number of hydrogen-bond acceptors (Lipinski definition) is 6. The molecule has 3 atom stereocenters. The number of hydrogen-bond donors (Lipinski definition) is 1. The van der Waals surface area contributed by atoms with Crippen molar-refractivity contribution in [3.63, 3.8) is 0 Å². The van der Waals surface area contributed by atoms with Gasteiger partial charge in [0.2, 0.25) is 0 Å². The Labute approximate surface area is 151 Å². The number of fused-ring (bicyclic) bond motifs is 3. The van der Waals surface area contributed by atoms with E-state index < -0.39 is 0 Å². The molecule has 7 heteroatoms. The molecule has 7 nitrogen and oxygen atoms in total. The molecule has 0 radical (unpaired) electrons. The fourth-order valence-electron chi connectivity index (χ4n) is 4.55. The van der Waals surface area contributed by atoms with Gasteiger partial charge in [0.25, 0.3) is 0 Å². The number of aromatic nitrogens is 4. The molecular weight excluding hydrogens is 328 g/mol. The summed E-state index contributed by atoms with van der Waals surface area (Å²) in [5.41, 5.74) is 1.89. The average Bonchev–Trinajstić information content (AvgIpc) is 3.25. The molecule has 5 rings (SSSR count). The van der Waals surface area contributed by atoms with E-state index in [9.17, 15) is 4.79 Å². The van der Waals surface area contributed by atoms with Crippen LogP contribution in [0.2, 0.25) is 0 Å². The van der Waals surface area contributed by atoms with Crippen molar-refractivity contribution in [3.8, 4) is 0 Å². The molecule has 132 valence electrons. The Morgan fingerprint density at radius 1 is 1.12 bits per heavy atom. The lowest BCUT2D eigenvalue weighted by molar-refractivity contribution is -0.114. The van der Waals surface area contributed by atoms with Crippen molar-refractivity contribution < 1.29 is 4.79 Å². The Morgan fingerprint density at radius 2 is 1.88 bits per heavy atom. The molecule has 2 saturated heterocycles. The van der Waals surface area contributed by atoms with Crippen LogP contribution >= 0.6 is 0 Å². The Hall–Kier alpha value is -2.80. The third-order valence-corrected chi connectivity index (χ3v) is 5.67. The van der Waals surface area contributed by atoms with Crippen LogP contribution in [0.4, 0.5) is 5.82 Å². The van der Waals surface area contributed by atoms with Gasteiger partial charge in [-0.15, -0.1) is 0 Å². The molecule has 2 aliphatic rings. The number of carbonyl (C=O) groups excluding carboxylic acids is 1. The van der Waals surface area contributed by atoms with Crippen molar-refractivity contribution in [2.24, 2.45) is 0 Å². The number of nitrogens with zero attached hydrogens (tertiary/aromatic N) is 5. The van der Waals surface area contributed by atoms with Crippen LogP contribution in [0.3, 0.4) is 0 Å². The molecule has 26 heavy (non-hydrogen) atoms. The molecule has 0 spiro atoms. The predicted molar refractivity (Wildman–Crippen MR) is 97.8 cm³/mol. The fraction of sp³-hybridized carbons (Fsp3) is 0.368. The average molecular weight is 348 g/mol. The largest absolute Gasteiger partial charge is 0.353 e. The molecule has 5 heterocycles. The first-order chi connectivity index (χ1) is 12.8. The van der Waals surface area contributed by atoms with Crippen LogP contribution in [0.15, 0.2) is 43.1 Å². The molecule has 3 aromatic rings. The second kappa shape index (κ2) is 6.17. The first-order valence-electron chi connectivity index (χ1n) is 9.01. The third kappa shape index (κ3) is 2.39. The van der Waals surface area contributed by atoms with Gasteiger partial charge in [-0.25, -0.2) is 9.97 Å². The molecule has 3 unspecified atom stereocenters. The van der Waals surface area contributed by atoms with Gasteiger partial charge in [0.1, 0.15) is 24.1 Å². The quantitative estimate of drug-likeness (QED) is 0.726. The van der Waals surface area contributed by atoms with Gasteiger partial charge in [0, 0.05) is 43.8 Å². The smallest absolute Gasteiger partial charge is 0.142 e. The minimum absolute atomic E-state index is 0.199. The first-order valence-corrected chi connectivity index (χ1v) is 9.01. The number of H-pyrrole nitrogens is 1. The van der Waals surface area contributed by atoms with E-state index in [1.807, 2.05) is 24.4 Å². The van der Waals surface area contributed by atoms with E-state index in [4.69, 9.17) is 0 Å². The van der Waals surface area contributed by atoms with Gasteiger partial charge >= 0.3 is 0 Å². The summed E-state index contributed by atoms with van der Waals surface area (Å²) in [4.78, 5) is 32.7. The Morgan fingerprint density at radius 3 is 2.62 bits per heavy atom. The van der Waals surface area contributed by atoms with E-state index >= 15 is 0 Å². The molecule has 0 amide bonds. The van der Waals surface area contributed by atoms with Crippen LogP contribution in [0, 0.1) is 0 Å². The lowest BCUT2D eigenvalue weighted by Crippen LogP contribution is -2.55. The first kappa shape index (κ1) is 15.5. The number of rotatable bonds is 4. The minimum Gasteiger partial charge on any atom is -0.353 e. The van der Waals surface area contributed by atoms with Crippen LogP contribution in [-0.2, 0) is 4.79 Å². The van der Waals surface area contributed by atoms with E-state index in [1.165, 1.54) is 0 Å². The standard InChI is InChI=1S/C19H20N6O/c26-11-17(13-3-6-20-7-4-13)25-14-1-2-15(25)10-24(9-14)19-16-5-8-21-18(16)22-12-23-19/h3-8,11-12,14-15,17H,1-2,9-10H2,(H,21,22,23). The van der Waals surface area contributed by atoms with E-state index in [-0.39, 0.29) is 6.04 Å². The van der Waals surface area contributed by atoms with Gasteiger partial charge in [0.05, 0.1) is 11.4 Å². The van der Waals surface area contributed by atoms with Gasteiger partial charge in [-0.05, 0) is 36.6 Å². The van der Waals surface area contributed by atoms with Crippen LogP contribution < -0.4 is 4.90 Å². The van der Waals surface area contributed by atoms with E-state index in [1.54, 1.807) is 18.7 Å². The van der Waals surface area contributed by atoms with Crippen molar-refractivity contribution >= 4 is 23.1 Å². The Balaban J connectivity index is 1.45. The predicted octanol–water partition coefficient (Wildman–Crippen LogP) is 1.95. The maximum atomic E-state index is 11.9. The van der Waals surface area contributed by atoms with E-state index in [2.05, 4.69) is 29.7 Å². The maximum absolute atomic E-state index is 11.9. The molecule has 0 aliphatic carbocycles. The molecule has 0 saturated carbocycles. The molecule has 2 bridgehead atoms. The van der Waals surface area contributed by atoms with Crippen molar-refractivity contribution in [2.75, 3.05) is 18.0 Å². The van der Waals surface area contributed by atoms with Gasteiger partial charge in [-0.1, -0.05) is 0 Å². The lowest BCUT2D eigenvalue weighted by Gasteiger charge is -2.44. The number of piperazine rings is 1. The Bertz CT molecular complexity index is 912. The minimum atomic E-state index is -0.199. The SMILES string of the molecule is O=CC(c1ccncc1)N1C2CCC1CN(c1ncnc3[nH]ccc13)C2. The highest BCUT2D eigenvalue weighted by atomic mass is 16.1. The van der Waals surface area contributed by atoms with Gasteiger partial charge in [0.15, 0.2) is 0 Å². The topological polar surface area (TPSA) is 78.0 Å². The summed E-state index contributed by atoms with van der Waals surface area (Å²) in [6, 6.07) is 6.42. The molecule has 2 fully saturated rings. The summed E-state index contributed by atoms with van der Waals surface area (Å²) in [5.74, 6) is 0.986. The van der Waals surface area contributed by atoms with Crippen LogP contribution in [-0.4, -0.2) is 56.3 Å². The van der Waals surface area contributed by atoms with Crippen LogP contribution in [0.5, 0.6) is 0 Å². The zero-order valence-electron chi connectivity index (χ0n) is 14.3. The molecule has 0 aromatic carbocycles. The van der Waals surface area contributed by atoms with Crippen molar-refractivity contribution in [1.82, 2.24) is 24.8 Å². The number of anilines is 1. The summed E-state index contributed by atoms with van der Waals surface area (Å²) in [5, 5.41) is 1.06. The summed E-state index contributed by atoms with van der Waals surface area (Å²) < 4.78 is 0. The van der Waals surface area contributed by atoms with Crippen molar-refractivity contribution in [2.45, 2.75) is 31.0 Å². The summed E-state index contributed by atoms with van der Waals surface area (Å²) in [6.07, 6.45) is 10.3. The van der Waals surface area contributed by atoms with E-state index in [0.717, 1.165) is 54.6 Å². The monoisotopic (exact) mass is 348 g/mol. The van der Waals surface area contributed by atoms with Crippen LogP contribution in [0.1, 0.15) is 24.4 Å². The lowest BCUT2D eigenvalue weighted by atomic mass is 10.0. The second-order valence-corrected chi connectivity index (χ2v) is 7.04. The van der Waals surface area contributed by atoms with E-state index in [0.29, 0.717) is 12.1 Å². The normalized spacial score (nSPS) is 24.1. The summed E-state index contributed by atoms with van der Waals surface area (Å²) in [7, 11) is 0. The second-order valence-electron chi connectivity index (χ2n) is 7.04. The summed E-state index contributed by atoms with van der Waals surface area (Å²) >= 11 is 0. The molecule has 2 aliphatic heterocycles. The number of carbonyl (C=O) groups is 1. The highest BCUT2D eigenvalue weighted by Crippen LogP contribution is 2.38. The highest BCUT2D eigenvalue weighted by Gasteiger charge is 2.44.